The lowest BCUT2D eigenvalue weighted by atomic mass is 9.81. The van der Waals surface area contributed by atoms with Crippen molar-refractivity contribution in [1.29, 1.82) is 0 Å². The van der Waals surface area contributed by atoms with Crippen LogP contribution < -0.4 is 0 Å². The number of fused-ring (bicyclic) bond motifs is 2. The normalized spacial score (nSPS) is 15.4. The monoisotopic (exact) mass is 407 g/mol. The van der Waals surface area contributed by atoms with Crippen LogP contribution >= 0.6 is 11.3 Å². The fourth-order valence-corrected chi connectivity index (χ4v) is 4.73. The average molecular weight is 407 g/mol. The van der Waals surface area contributed by atoms with Crippen LogP contribution in [0.4, 0.5) is 23.0 Å². The second kappa shape index (κ2) is 7.35. The summed E-state index contributed by atoms with van der Waals surface area (Å²) in [5.41, 5.74) is 7.06. The fourth-order valence-electron chi connectivity index (χ4n) is 3.76. The maximum Gasteiger partial charge on any atom is 0.673 e. The smallest absolute Gasteiger partial charge is 0.418 e. The maximum absolute atomic E-state index is 9.75. The Balaban J connectivity index is 0.000000403. The molecule has 1 aromatic heterocycles. The van der Waals surface area contributed by atoms with Crippen LogP contribution in [0.2, 0.25) is 0 Å². The number of hydrogen-bond donors (Lipinski definition) is 0. The molecule has 0 atom stereocenters. The van der Waals surface area contributed by atoms with Gasteiger partial charge in [0.05, 0.1) is 5.41 Å². The van der Waals surface area contributed by atoms with Gasteiger partial charge in [-0.2, -0.15) is 4.58 Å². The molecule has 1 nitrogen and oxygen atoms in total. The topological polar surface area (TPSA) is 3.01 Å². The van der Waals surface area contributed by atoms with E-state index in [1.54, 1.807) is 0 Å². The van der Waals surface area contributed by atoms with Crippen LogP contribution in [0.25, 0.3) is 21.2 Å². The molecule has 1 aliphatic heterocycles. The van der Waals surface area contributed by atoms with Crippen molar-refractivity contribution in [2.24, 2.45) is 0 Å². The van der Waals surface area contributed by atoms with Crippen LogP contribution in [-0.4, -0.2) is 24.1 Å². The van der Waals surface area contributed by atoms with E-state index in [0.29, 0.717) is 0 Å². The number of benzene rings is 2. The van der Waals surface area contributed by atoms with Gasteiger partial charge < -0.3 is 17.3 Å². The molecule has 2 aromatic carbocycles. The first kappa shape index (κ1) is 20.6. The van der Waals surface area contributed by atoms with Gasteiger partial charge in [-0.3, -0.25) is 0 Å². The fraction of sp³-hybridized carbons (Fsp3) is 0.286. The zero-order valence-corrected chi connectivity index (χ0v) is 17.1. The molecule has 0 N–H and O–H groups in total. The van der Waals surface area contributed by atoms with Crippen molar-refractivity contribution < 1.29 is 21.8 Å². The number of nitrogens with zero attached hydrogens (tertiary/aromatic N) is 1. The summed E-state index contributed by atoms with van der Waals surface area (Å²) in [5.74, 6) is 0. The summed E-state index contributed by atoms with van der Waals surface area (Å²) in [5, 5.41) is 3.66. The van der Waals surface area contributed by atoms with Crippen molar-refractivity contribution in [3.63, 3.8) is 0 Å². The van der Waals surface area contributed by atoms with Crippen LogP contribution in [0.1, 0.15) is 33.3 Å². The van der Waals surface area contributed by atoms with Gasteiger partial charge in [0.25, 0.3) is 0 Å². The van der Waals surface area contributed by atoms with Crippen molar-refractivity contribution in [2.75, 3.05) is 6.54 Å². The van der Waals surface area contributed by atoms with Gasteiger partial charge >= 0.3 is 7.25 Å². The minimum Gasteiger partial charge on any atom is -0.418 e. The van der Waals surface area contributed by atoms with Gasteiger partial charge in [-0.05, 0) is 49.9 Å². The highest BCUT2D eigenvalue weighted by Crippen LogP contribution is 2.43. The SMILES string of the molecule is CC[N+]1=C(C)C(C)(C)c2cc(-c3csc4ccccc34)ccc21.F[B-](F)(F)F. The number of halogens is 4. The molecule has 1 aliphatic rings. The first-order chi connectivity index (χ1) is 13.0. The molecule has 0 fully saturated rings. The van der Waals surface area contributed by atoms with Gasteiger partial charge in [-0.15, -0.1) is 11.3 Å². The molecule has 148 valence electrons. The Morgan fingerprint density at radius 2 is 1.68 bits per heavy atom. The molecule has 7 heteroatoms. The van der Waals surface area contributed by atoms with Crippen molar-refractivity contribution in [3.8, 4) is 11.1 Å². The van der Waals surface area contributed by atoms with Gasteiger partial charge in [-0.1, -0.05) is 18.2 Å². The molecule has 0 aliphatic carbocycles. The minimum absolute atomic E-state index is 0.104. The van der Waals surface area contributed by atoms with Gasteiger partial charge in [0.1, 0.15) is 6.54 Å². The molecule has 0 spiro atoms. The third-order valence-electron chi connectivity index (χ3n) is 5.38. The Hall–Kier alpha value is -2.15. The van der Waals surface area contributed by atoms with Crippen LogP contribution in [-0.2, 0) is 5.41 Å². The van der Waals surface area contributed by atoms with Crippen LogP contribution in [0, 0.1) is 0 Å². The Morgan fingerprint density at radius 1 is 1.04 bits per heavy atom. The number of thiophene rings is 1. The second-order valence-corrected chi connectivity index (χ2v) is 8.24. The molecular weight excluding hydrogens is 385 g/mol. The molecule has 2 heterocycles. The van der Waals surface area contributed by atoms with E-state index in [4.69, 9.17) is 0 Å². The highest BCUT2D eigenvalue weighted by Gasteiger charge is 2.42. The van der Waals surface area contributed by atoms with Gasteiger partial charge in [0.15, 0.2) is 5.71 Å². The largest absolute Gasteiger partial charge is 0.673 e. The molecular formula is C21H22BF4NS. The summed E-state index contributed by atoms with van der Waals surface area (Å²) in [6.45, 7) is 10.2. The second-order valence-electron chi connectivity index (χ2n) is 7.33. The first-order valence-electron chi connectivity index (χ1n) is 9.14. The lowest BCUT2D eigenvalue weighted by Gasteiger charge is -2.15. The molecule has 3 aromatic rings. The van der Waals surface area contributed by atoms with E-state index < -0.39 is 7.25 Å². The van der Waals surface area contributed by atoms with E-state index >= 15 is 0 Å². The third kappa shape index (κ3) is 3.85. The number of hydrogen-bond acceptors (Lipinski definition) is 1. The van der Waals surface area contributed by atoms with Gasteiger partial charge in [-0.25, -0.2) is 0 Å². The maximum atomic E-state index is 9.75. The number of rotatable bonds is 2. The first-order valence-corrected chi connectivity index (χ1v) is 10.0. The summed E-state index contributed by atoms with van der Waals surface area (Å²) in [6.07, 6.45) is 0. The zero-order chi connectivity index (χ0) is 20.7. The highest BCUT2D eigenvalue weighted by atomic mass is 32.1. The predicted octanol–water partition coefficient (Wildman–Crippen LogP) is 7.28. The van der Waals surface area contributed by atoms with Crippen molar-refractivity contribution in [2.45, 2.75) is 33.1 Å². The molecule has 4 rings (SSSR count). The summed E-state index contributed by atoms with van der Waals surface area (Å²) >= 11 is 1.83. The molecule has 0 saturated heterocycles. The minimum atomic E-state index is -6.00. The van der Waals surface area contributed by atoms with Crippen molar-refractivity contribution in [1.82, 2.24) is 0 Å². The molecule has 28 heavy (non-hydrogen) atoms. The van der Waals surface area contributed by atoms with E-state index in [1.165, 1.54) is 38.2 Å². The van der Waals surface area contributed by atoms with Crippen LogP contribution in [0.3, 0.4) is 0 Å². The van der Waals surface area contributed by atoms with Crippen molar-refractivity contribution in [3.05, 3.63) is 53.4 Å². The highest BCUT2D eigenvalue weighted by molar-refractivity contribution is 7.17. The van der Waals surface area contributed by atoms with E-state index in [9.17, 15) is 17.3 Å². The molecule has 0 bridgehead atoms. The van der Waals surface area contributed by atoms with Crippen LogP contribution in [0.15, 0.2) is 47.8 Å². The molecule has 0 amide bonds. The van der Waals surface area contributed by atoms with E-state index in [2.05, 4.69) is 80.1 Å². The van der Waals surface area contributed by atoms with E-state index in [1.807, 2.05) is 11.3 Å². The lowest BCUT2D eigenvalue weighted by Crippen LogP contribution is -2.26. The quantitative estimate of drug-likeness (QED) is 0.239. The van der Waals surface area contributed by atoms with Gasteiger partial charge in [0.2, 0.25) is 5.69 Å². The van der Waals surface area contributed by atoms with E-state index in [-0.39, 0.29) is 5.41 Å². The van der Waals surface area contributed by atoms with Crippen molar-refractivity contribution >= 4 is 40.1 Å². The Labute approximate surface area is 166 Å². The van der Waals surface area contributed by atoms with Crippen LogP contribution in [0.5, 0.6) is 0 Å². The zero-order valence-electron chi connectivity index (χ0n) is 16.3. The molecule has 0 radical (unpaired) electrons. The lowest BCUT2D eigenvalue weighted by molar-refractivity contribution is -0.434. The summed E-state index contributed by atoms with van der Waals surface area (Å²) in [7, 11) is -6.00. The van der Waals surface area contributed by atoms with E-state index in [0.717, 1.165) is 6.54 Å². The Morgan fingerprint density at radius 3 is 2.32 bits per heavy atom. The summed E-state index contributed by atoms with van der Waals surface area (Å²) in [6, 6.07) is 15.7. The summed E-state index contributed by atoms with van der Waals surface area (Å²) < 4.78 is 42.8. The standard InChI is InChI=1S/C21H22NS.BF4/c1-5-22-14(2)21(3,4)18-12-15(10-11-19(18)22)17-13-23-20-9-7-6-8-16(17)20;2-1(3,4)5/h6-13H,5H2,1-4H3;/q+1;-1. The Kier molecular flexibility index (Phi) is 5.41. The molecule has 0 saturated carbocycles. The summed E-state index contributed by atoms with van der Waals surface area (Å²) in [4.78, 5) is 0. The predicted molar refractivity (Wildman–Crippen MR) is 112 cm³/mol. The van der Waals surface area contributed by atoms with Gasteiger partial charge in [0, 0.05) is 34.2 Å². The third-order valence-corrected chi connectivity index (χ3v) is 6.34. The Bertz CT molecular complexity index is 1040. The average Bonchev–Trinajstić information content (AvgIpc) is 3.12. The molecule has 0 unspecified atom stereocenters.